The van der Waals surface area contributed by atoms with Crippen molar-refractivity contribution in [3.63, 3.8) is 0 Å². The molecule has 0 saturated heterocycles. The molecule has 0 aliphatic heterocycles. The molecule has 0 heterocycles. The van der Waals surface area contributed by atoms with E-state index in [0.29, 0.717) is 12.1 Å². The van der Waals surface area contributed by atoms with Gasteiger partial charge in [-0.05, 0) is 25.0 Å². The Labute approximate surface area is 160 Å². The van der Waals surface area contributed by atoms with Crippen LogP contribution in [0.1, 0.15) is 89.5 Å². The van der Waals surface area contributed by atoms with Gasteiger partial charge in [0.25, 0.3) is 0 Å². The average molecular weight is 384 g/mol. The Hall–Kier alpha value is -1.23. The first-order valence-corrected chi connectivity index (χ1v) is 11.9. The Bertz CT molecular complexity index is 599. The molecule has 0 saturated carbocycles. The standard InChI is InChI=1S/C21H37NO3S/c1-3-4-5-6-7-8-9-10-11-12-13-14-17-26(24,25)22-21-18-20(23)16-15-19(21)2/h15-16,18,22-23H,3-14,17H2,1-2H3. The molecular weight excluding hydrogens is 346 g/mol. The molecule has 26 heavy (non-hydrogen) atoms. The molecule has 0 aliphatic carbocycles. The summed E-state index contributed by atoms with van der Waals surface area (Å²) >= 11 is 0. The number of aromatic hydroxyl groups is 1. The molecule has 0 amide bonds. The van der Waals surface area contributed by atoms with Crippen molar-refractivity contribution in [1.82, 2.24) is 0 Å². The fourth-order valence-corrected chi connectivity index (χ4v) is 4.31. The van der Waals surface area contributed by atoms with Gasteiger partial charge in [0.15, 0.2) is 0 Å². The van der Waals surface area contributed by atoms with E-state index >= 15 is 0 Å². The second-order valence-electron chi connectivity index (χ2n) is 7.31. The third-order valence-corrected chi connectivity index (χ3v) is 6.11. The highest BCUT2D eigenvalue weighted by Crippen LogP contribution is 2.22. The summed E-state index contributed by atoms with van der Waals surface area (Å²) in [5.74, 6) is 0.207. The molecule has 0 radical (unpaired) electrons. The fraction of sp³-hybridized carbons (Fsp3) is 0.714. The van der Waals surface area contributed by atoms with Crippen LogP contribution in [0, 0.1) is 6.92 Å². The molecule has 4 nitrogen and oxygen atoms in total. The van der Waals surface area contributed by atoms with Crippen molar-refractivity contribution in [1.29, 1.82) is 0 Å². The predicted molar refractivity (Wildman–Crippen MR) is 111 cm³/mol. The molecule has 0 fully saturated rings. The molecule has 0 spiro atoms. The third kappa shape index (κ3) is 10.7. The first kappa shape index (κ1) is 22.8. The number of hydrogen-bond acceptors (Lipinski definition) is 3. The van der Waals surface area contributed by atoms with Crippen molar-refractivity contribution in [3.05, 3.63) is 23.8 Å². The van der Waals surface area contributed by atoms with Gasteiger partial charge < -0.3 is 5.11 Å². The Kier molecular flexibility index (Phi) is 11.4. The quantitative estimate of drug-likeness (QED) is 0.357. The van der Waals surface area contributed by atoms with Gasteiger partial charge in [0.2, 0.25) is 10.0 Å². The van der Waals surface area contributed by atoms with E-state index in [2.05, 4.69) is 11.6 Å². The van der Waals surface area contributed by atoms with Crippen molar-refractivity contribution in [3.8, 4) is 5.75 Å². The van der Waals surface area contributed by atoms with Crippen LogP contribution in [0.2, 0.25) is 0 Å². The molecule has 0 unspecified atom stereocenters. The zero-order chi connectivity index (χ0) is 19.3. The van der Waals surface area contributed by atoms with Gasteiger partial charge in [0.05, 0.1) is 11.4 Å². The normalized spacial score (nSPS) is 11.6. The van der Waals surface area contributed by atoms with E-state index in [4.69, 9.17) is 0 Å². The van der Waals surface area contributed by atoms with Crippen LogP contribution < -0.4 is 4.72 Å². The molecule has 0 bridgehead atoms. The largest absolute Gasteiger partial charge is 0.508 e. The number of unbranched alkanes of at least 4 members (excludes halogenated alkanes) is 11. The van der Waals surface area contributed by atoms with Crippen LogP contribution in [-0.4, -0.2) is 19.3 Å². The molecule has 1 aromatic carbocycles. The second kappa shape index (κ2) is 13.0. The highest BCUT2D eigenvalue weighted by atomic mass is 32.2. The Morgan fingerprint density at radius 3 is 1.88 bits per heavy atom. The SMILES string of the molecule is CCCCCCCCCCCCCCS(=O)(=O)Nc1cc(O)ccc1C. The number of anilines is 1. The highest BCUT2D eigenvalue weighted by molar-refractivity contribution is 7.92. The highest BCUT2D eigenvalue weighted by Gasteiger charge is 2.12. The van der Waals surface area contributed by atoms with Crippen molar-refractivity contribution < 1.29 is 13.5 Å². The van der Waals surface area contributed by atoms with Gasteiger partial charge in [0, 0.05) is 6.07 Å². The smallest absolute Gasteiger partial charge is 0.232 e. The van der Waals surface area contributed by atoms with Crippen molar-refractivity contribution in [2.45, 2.75) is 90.9 Å². The fourth-order valence-electron chi connectivity index (χ4n) is 3.07. The van der Waals surface area contributed by atoms with Gasteiger partial charge in [0.1, 0.15) is 5.75 Å². The molecule has 1 rings (SSSR count). The number of benzene rings is 1. The second-order valence-corrected chi connectivity index (χ2v) is 9.15. The van der Waals surface area contributed by atoms with E-state index in [1.54, 1.807) is 12.1 Å². The van der Waals surface area contributed by atoms with Crippen LogP contribution in [0.15, 0.2) is 18.2 Å². The summed E-state index contributed by atoms with van der Waals surface area (Å²) in [7, 11) is -3.35. The molecule has 2 N–H and O–H groups in total. The molecule has 0 aliphatic rings. The van der Waals surface area contributed by atoms with E-state index in [1.165, 1.54) is 63.9 Å². The number of hydrogen-bond donors (Lipinski definition) is 2. The minimum absolute atomic E-state index is 0.0682. The predicted octanol–water partition coefficient (Wildman–Crippen LogP) is 6.14. The monoisotopic (exact) mass is 383 g/mol. The molecular formula is C21H37NO3S. The summed E-state index contributed by atoms with van der Waals surface area (Å²) in [6.45, 7) is 4.07. The van der Waals surface area contributed by atoms with E-state index in [1.807, 2.05) is 6.92 Å². The summed E-state index contributed by atoms with van der Waals surface area (Å²) in [4.78, 5) is 0. The lowest BCUT2D eigenvalue weighted by atomic mass is 10.1. The lowest BCUT2D eigenvalue weighted by Gasteiger charge is -2.11. The maximum atomic E-state index is 12.2. The van der Waals surface area contributed by atoms with Crippen LogP contribution in [0.25, 0.3) is 0 Å². The van der Waals surface area contributed by atoms with Gasteiger partial charge in [-0.2, -0.15) is 0 Å². The Morgan fingerprint density at radius 1 is 0.846 bits per heavy atom. The van der Waals surface area contributed by atoms with Crippen LogP contribution in [0.3, 0.4) is 0 Å². The lowest BCUT2D eigenvalue weighted by Crippen LogP contribution is -2.17. The summed E-state index contributed by atoms with van der Waals surface area (Å²) in [6.07, 6.45) is 14.6. The van der Waals surface area contributed by atoms with Gasteiger partial charge >= 0.3 is 0 Å². The number of rotatable bonds is 15. The summed E-state index contributed by atoms with van der Waals surface area (Å²) in [5.41, 5.74) is 1.27. The van der Waals surface area contributed by atoms with Gasteiger partial charge in [-0.25, -0.2) is 8.42 Å². The number of phenols is 1. The Morgan fingerprint density at radius 2 is 1.35 bits per heavy atom. The van der Waals surface area contributed by atoms with Crippen LogP contribution >= 0.6 is 0 Å². The zero-order valence-electron chi connectivity index (χ0n) is 16.6. The van der Waals surface area contributed by atoms with Gasteiger partial charge in [-0.15, -0.1) is 0 Å². The molecule has 0 aromatic heterocycles. The maximum Gasteiger partial charge on any atom is 0.232 e. The lowest BCUT2D eigenvalue weighted by molar-refractivity contribution is 0.475. The number of phenolic OH excluding ortho intramolecular Hbond substituents is 1. The molecule has 0 atom stereocenters. The minimum atomic E-state index is -3.35. The maximum absolute atomic E-state index is 12.2. The van der Waals surface area contributed by atoms with Crippen molar-refractivity contribution in [2.24, 2.45) is 0 Å². The van der Waals surface area contributed by atoms with Crippen molar-refractivity contribution in [2.75, 3.05) is 10.5 Å². The molecule has 150 valence electrons. The minimum Gasteiger partial charge on any atom is -0.508 e. The van der Waals surface area contributed by atoms with Gasteiger partial charge in [-0.3, -0.25) is 4.72 Å². The van der Waals surface area contributed by atoms with Crippen LogP contribution in [-0.2, 0) is 10.0 Å². The summed E-state index contributed by atoms with van der Waals surface area (Å²) in [5, 5.41) is 9.49. The topological polar surface area (TPSA) is 66.4 Å². The van der Waals surface area contributed by atoms with Crippen LogP contribution in [0.5, 0.6) is 5.75 Å². The zero-order valence-corrected chi connectivity index (χ0v) is 17.4. The Balaban J connectivity index is 2.07. The van der Waals surface area contributed by atoms with Crippen LogP contribution in [0.4, 0.5) is 5.69 Å². The van der Waals surface area contributed by atoms with E-state index in [-0.39, 0.29) is 11.5 Å². The first-order chi connectivity index (χ1) is 12.4. The number of nitrogens with one attached hydrogen (secondary N) is 1. The van der Waals surface area contributed by atoms with E-state index in [0.717, 1.165) is 18.4 Å². The average Bonchev–Trinajstić information content (AvgIpc) is 2.59. The van der Waals surface area contributed by atoms with E-state index < -0.39 is 10.0 Å². The van der Waals surface area contributed by atoms with Crippen molar-refractivity contribution >= 4 is 15.7 Å². The number of aryl methyl sites for hydroxylation is 1. The number of sulfonamides is 1. The van der Waals surface area contributed by atoms with Gasteiger partial charge in [-0.1, -0.05) is 83.6 Å². The summed E-state index contributed by atoms with van der Waals surface area (Å²) in [6, 6.07) is 4.71. The first-order valence-electron chi connectivity index (χ1n) is 10.2. The summed E-state index contributed by atoms with van der Waals surface area (Å²) < 4.78 is 26.9. The third-order valence-electron chi connectivity index (χ3n) is 4.75. The molecule has 1 aromatic rings. The van der Waals surface area contributed by atoms with E-state index in [9.17, 15) is 13.5 Å². The molecule has 5 heteroatoms.